The number of hydrogen-bond acceptors (Lipinski definition) is 4. The Morgan fingerprint density at radius 3 is 3.05 bits per heavy atom. The zero-order valence-corrected chi connectivity index (χ0v) is 13.2. The van der Waals surface area contributed by atoms with E-state index in [9.17, 15) is 4.79 Å². The number of aliphatic carboxylic acids is 1. The molecule has 1 aromatic carbocycles. The largest absolute Gasteiger partial charge is 0.497 e. The van der Waals surface area contributed by atoms with Gasteiger partial charge in [0, 0.05) is 36.7 Å². The molecule has 4 nitrogen and oxygen atoms in total. The number of thioether (sulfide) groups is 1. The predicted molar refractivity (Wildman–Crippen MR) is 86.9 cm³/mol. The normalized spacial score (nSPS) is 19.8. The van der Waals surface area contributed by atoms with Crippen LogP contribution in [0.3, 0.4) is 0 Å². The molecule has 1 saturated heterocycles. The molecule has 0 spiro atoms. The predicted octanol–water partition coefficient (Wildman–Crippen LogP) is 2.73. The van der Waals surface area contributed by atoms with Crippen LogP contribution in [0.25, 0.3) is 6.08 Å². The van der Waals surface area contributed by atoms with E-state index in [-0.39, 0.29) is 0 Å². The van der Waals surface area contributed by atoms with Crippen LogP contribution in [0.5, 0.6) is 5.75 Å². The Morgan fingerprint density at radius 1 is 1.57 bits per heavy atom. The van der Waals surface area contributed by atoms with Crippen molar-refractivity contribution >= 4 is 23.8 Å². The summed E-state index contributed by atoms with van der Waals surface area (Å²) in [6, 6.07) is 5.77. The van der Waals surface area contributed by atoms with E-state index in [0.717, 1.165) is 42.3 Å². The first-order valence-corrected chi connectivity index (χ1v) is 8.05. The number of ether oxygens (including phenoxy) is 1. The second-order valence-corrected chi connectivity index (χ2v) is 6.70. The monoisotopic (exact) mass is 307 g/mol. The summed E-state index contributed by atoms with van der Waals surface area (Å²) < 4.78 is 5.28. The molecule has 21 heavy (non-hydrogen) atoms. The number of benzene rings is 1. The van der Waals surface area contributed by atoms with E-state index in [1.54, 1.807) is 13.2 Å². The van der Waals surface area contributed by atoms with Gasteiger partial charge >= 0.3 is 5.97 Å². The lowest BCUT2D eigenvalue weighted by Gasteiger charge is -2.31. The number of carboxylic acid groups (broad SMARTS) is 1. The van der Waals surface area contributed by atoms with Gasteiger partial charge in [0.15, 0.2) is 0 Å². The topological polar surface area (TPSA) is 49.8 Å². The highest BCUT2D eigenvalue weighted by Gasteiger charge is 2.17. The number of nitrogens with zero attached hydrogens (tertiary/aromatic N) is 1. The smallest absolute Gasteiger partial charge is 0.328 e. The molecule has 114 valence electrons. The van der Waals surface area contributed by atoms with Gasteiger partial charge in [-0.1, -0.05) is 13.0 Å². The van der Waals surface area contributed by atoms with Crippen LogP contribution in [-0.4, -0.2) is 47.2 Å². The number of carbonyl (C=O) groups is 1. The minimum Gasteiger partial charge on any atom is -0.497 e. The van der Waals surface area contributed by atoms with Crippen molar-refractivity contribution in [3.05, 3.63) is 35.4 Å². The maximum atomic E-state index is 10.7. The second-order valence-electron chi connectivity index (χ2n) is 5.15. The molecule has 0 bridgehead atoms. The van der Waals surface area contributed by atoms with E-state index in [1.165, 1.54) is 6.08 Å². The molecule has 1 aliphatic heterocycles. The Balaban J connectivity index is 2.19. The van der Waals surface area contributed by atoms with E-state index in [1.807, 2.05) is 30.0 Å². The molecule has 0 saturated carbocycles. The molecule has 0 aromatic heterocycles. The maximum Gasteiger partial charge on any atom is 0.328 e. The molecule has 1 aliphatic rings. The number of rotatable bonds is 5. The van der Waals surface area contributed by atoms with Gasteiger partial charge < -0.3 is 9.84 Å². The zero-order chi connectivity index (χ0) is 15.2. The quantitative estimate of drug-likeness (QED) is 0.848. The van der Waals surface area contributed by atoms with Crippen molar-refractivity contribution in [1.29, 1.82) is 0 Å². The van der Waals surface area contributed by atoms with Gasteiger partial charge in [-0.15, -0.1) is 0 Å². The summed E-state index contributed by atoms with van der Waals surface area (Å²) in [6.07, 6.45) is 2.83. The molecule has 1 fully saturated rings. The molecule has 1 atom stereocenters. The molecular formula is C16H21NO3S. The molecule has 2 rings (SSSR count). The van der Waals surface area contributed by atoms with Crippen LogP contribution in [-0.2, 0) is 11.3 Å². The minimum atomic E-state index is -0.931. The molecule has 5 heteroatoms. The maximum absolute atomic E-state index is 10.7. The first-order valence-electron chi connectivity index (χ1n) is 7.00. The number of methoxy groups -OCH3 is 1. The van der Waals surface area contributed by atoms with Gasteiger partial charge in [0.25, 0.3) is 0 Å². The van der Waals surface area contributed by atoms with Crippen LogP contribution in [0.2, 0.25) is 0 Å². The standard InChI is InChI=1S/C16H21NO3S/c1-12-10-17(7-8-21-12)11-14-9-15(20-2)5-3-13(14)4-6-16(18)19/h3-6,9,12H,7-8,10-11H2,1-2H3,(H,18,19)/b6-4+. The lowest BCUT2D eigenvalue weighted by Crippen LogP contribution is -2.36. The number of carboxylic acids is 1. The van der Waals surface area contributed by atoms with Crippen molar-refractivity contribution < 1.29 is 14.6 Å². The van der Waals surface area contributed by atoms with Crippen molar-refractivity contribution in [1.82, 2.24) is 4.90 Å². The molecule has 0 amide bonds. The zero-order valence-electron chi connectivity index (χ0n) is 12.4. The summed E-state index contributed by atoms with van der Waals surface area (Å²) >= 11 is 2.00. The average molecular weight is 307 g/mol. The van der Waals surface area contributed by atoms with Crippen LogP contribution in [0.15, 0.2) is 24.3 Å². The van der Waals surface area contributed by atoms with Gasteiger partial charge in [-0.3, -0.25) is 4.90 Å². The molecule has 1 N–H and O–H groups in total. The fraction of sp³-hybridized carbons (Fsp3) is 0.438. The lowest BCUT2D eigenvalue weighted by atomic mass is 10.1. The summed E-state index contributed by atoms with van der Waals surface area (Å²) in [5, 5.41) is 9.44. The number of hydrogen-bond donors (Lipinski definition) is 1. The first kappa shape index (κ1) is 15.9. The van der Waals surface area contributed by atoms with Crippen LogP contribution in [0.4, 0.5) is 0 Å². The molecule has 1 unspecified atom stereocenters. The minimum absolute atomic E-state index is 0.641. The van der Waals surface area contributed by atoms with E-state index in [4.69, 9.17) is 9.84 Å². The van der Waals surface area contributed by atoms with E-state index in [0.29, 0.717) is 5.25 Å². The fourth-order valence-corrected chi connectivity index (χ4v) is 3.53. The van der Waals surface area contributed by atoms with Crippen molar-refractivity contribution in [2.75, 3.05) is 26.0 Å². The highest BCUT2D eigenvalue weighted by Crippen LogP contribution is 2.24. The Morgan fingerprint density at radius 2 is 2.38 bits per heavy atom. The molecule has 0 radical (unpaired) electrons. The van der Waals surface area contributed by atoms with Crippen LogP contribution in [0.1, 0.15) is 18.1 Å². The van der Waals surface area contributed by atoms with E-state index < -0.39 is 5.97 Å². The van der Waals surface area contributed by atoms with Gasteiger partial charge in [-0.2, -0.15) is 11.8 Å². The molecule has 1 heterocycles. The summed E-state index contributed by atoms with van der Waals surface area (Å²) in [5.41, 5.74) is 2.04. The second kappa shape index (κ2) is 7.52. The third kappa shape index (κ3) is 4.79. The van der Waals surface area contributed by atoms with Crippen LogP contribution < -0.4 is 4.74 Å². The Hall–Kier alpha value is -1.46. The van der Waals surface area contributed by atoms with Crippen molar-refractivity contribution in [2.24, 2.45) is 0 Å². The van der Waals surface area contributed by atoms with Crippen LogP contribution >= 0.6 is 11.8 Å². The van der Waals surface area contributed by atoms with Crippen molar-refractivity contribution in [3.63, 3.8) is 0 Å². The van der Waals surface area contributed by atoms with Gasteiger partial charge in [-0.05, 0) is 29.3 Å². The Bertz CT molecular complexity index is 530. The highest BCUT2D eigenvalue weighted by atomic mass is 32.2. The van der Waals surface area contributed by atoms with Gasteiger partial charge in [0.05, 0.1) is 7.11 Å². The molecule has 1 aromatic rings. The highest BCUT2D eigenvalue weighted by molar-refractivity contribution is 7.99. The van der Waals surface area contributed by atoms with Crippen molar-refractivity contribution in [3.8, 4) is 5.75 Å². The Labute approximate surface area is 129 Å². The first-order chi connectivity index (χ1) is 10.1. The average Bonchev–Trinajstić information content (AvgIpc) is 2.45. The third-order valence-electron chi connectivity index (χ3n) is 3.47. The molecular weight excluding hydrogens is 286 g/mol. The van der Waals surface area contributed by atoms with Crippen molar-refractivity contribution in [2.45, 2.75) is 18.7 Å². The summed E-state index contributed by atoms with van der Waals surface area (Å²) in [7, 11) is 1.64. The third-order valence-corrected chi connectivity index (χ3v) is 4.61. The Kier molecular flexibility index (Phi) is 5.70. The van der Waals surface area contributed by atoms with Gasteiger partial charge in [-0.25, -0.2) is 4.79 Å². The van der Waals surface area contributed by atoms with E-state index in [2.05, 4.69) is 11.8 Å². The van der Waals surface area contributed by atoms with E-state index >= 15 is 0 Å². The summed E-state index contributed by atoms with van der Waals surface area (Å²) in [5.74, 6) is 1.02. The van der Waals surface area contributed by atoms with Crippen LogP contribution in [0, 0.1) is 0 Å². The molecule has 0 aliphatic carbocycles. The lowest BCUT2D eigenvalue weighted by molar-refractivity contribution is -0.131. The summed E-state index contributed by atoms with van der Waals surface area (Å²) in [6.45, 7) is 5.19. The SMILES string of the molecule is COc1ccc(/C=C/C(=O)O)c(CN2CCSC(C)C2)c1. The fourth-order valence-electron chi connectivity index (χ4n) is 2.44. The van der Waals surface area contributed by atoms with Gasteiger partial charge in [0.2, 0.25) is 0 Å². The van der Waals surface area contributed by atoms with Gasteiger partial charge in [0.1, 0.15) is 5.75 Å². The summed E-state index contributed by atoms with van der Waals surface area (Å²) in [4.78, 5) is 13.1.